The first-order chi connectivity index (χ1) is 14.2. The van der Waals surface area contributed by atoms with Crippen molar-refractivity contribution in [1.29, 1.82) is 0 Å². The van der Waals surface area contributed by atoms with E-state index < -0.39 is 6.04 Å². The first kappa shape index (κ1) is 19.4. The number of pyridine rings is 1. The quantitative estimate of drug-likeness (QED) is 0.769. The highest BCUT2D eigenvalue weighted by atomic mass is 16.5. The van der Waals surface area contributed by atoms with Crippen molar-refractivity contribution in [3.63, 3.8) is 0 Å². The Morgan fingerprint density at radius 2 is 1.86 bits per heavy atom. The number of ether oxygens (including phenoxy) is 1. The number of hydrogen-bond donors (Lipinski definition) is 0. The van der Waals surface area contributed by atoms with Crippen molar-refractivity contribution in [2.24, 2.45) is 0 Å². The molecule has 1 fully saturated rings. The summed E-state index contributed by atoms with van der Waals surface area (Å²) in [7, 11) is 1.61. The Morgan fingerprint density at radius 3 is 2.59 bits per heavy atom. The fourth-order valence-electron chi connectivity index (χ4n) is 4.12. The topological polar surface area (TPSA) is 66.0 Å². The zero-order chi connectivity index (χ0) is 20.2. The molecule has 0 aliphatic carbocycles. The van der Waals surface area contributed by atoms with Crippen molar-refractivity contribution in [1.82, 2.24) is 14.8 Å². The summed E-state index contributed by atoms with van der Waals surface area (Å²) in [5.74, 6) is 0.896. The van der Waals surface area contributed by atoms with Gasteiger partial charge in [-0.1, -0.05) is 30.3 Å². The second-order valence-corrected chi connectivity index (χ2v) is 7.36. The van der Waals surface area contributed by atoms with Gasteiger partial charge in [0.05, 0.1) is 13.0 Å². The zero-order valence-corrected chi connectivity index (χ0v) is 16.7. The van der Waals surface area contributed by atoms with E-state index in [1.54, 1.807) is 18.2 Å². The number of anilines is 1. The van der Waals surface area contributed by atoms with Gasteiger partial charge in [-0.25, -0.2) is 4.98 Å². The molecule has 0 bridgehead atoms. The number of rotatable bonds is 5. The largest absolute Gasteiger partial charge is 0.383 e. The van der Waals surface area contributed by atoms with Crippen LogP contribution in [0.3, 0.4) is 0 Å². The Hall–Kier alpha value is -2.93. The van der Waals surface area contributed by atoms with Crippen molar-refractivity contribution in [2.45, 2.75) is 12.5 Å². The van der Waals surface area contributed by atoms with Crippen LogP contribution in [0.1, 0.15) is 17.2 Å². The molecule has 1 aromatic carbocycles. The van der Waals surface area contributed by atoms with Gasteiger partial charge < -0.3 is 19.4 Å². The van der Waals surface area contributed by atoms with Crippen LogP contribution >= 0.6 is 0 Å². The average molecular weight is 394 g/mol. The molecule has 2 aliphatic rings. The molecule has 29 heavy (non-hydrogen) atoms. The minimum absolute atomic E-state index is 0.0118. The summed E-state index contributed by atoms with van der Waals surface area (Å²) in [4.78, 5) is 36.5. The van der Waals surface area contributed by atoms with Crippen LogP contribution in [0.15, 0.2) is 48.7 Å². The van der Waals surface area contributed by atoms with Gasteiger partial charge in [0.25, 0.3) is 0 Å². The third kappa shape index (κ3) is 3.96. The fraction of sp³-hybridized carbons (Fsp3) is 0.409. The Morgan fingerprint density at radius 1 is 1.10 bits per heavy atom. The molecule has 1 unspecified atom stereocenters. The van der Waals surface area contributed by atoms with Crippen molar-refractivity contribution in [3.05, 3.63) is 59.8 Å². The standard InChI is InChI=1S/C22H26N4O3/c1-29-15-14-26-20(27)16-17-6-2-3-7-18(17)21(26)22(28)25-12-10-24(11-13-25)19-8-4-5-9-23-19/h2-9,21H,10-16H2,1H3. The average Bonchev–Trinajstić information content (AvgIpc) is 2.77. The highest BCUT2D eigenvalue weighted by molar-refractivity contribution is 5.92. The summed E-state index contributed by atoms with van der Waals surface area (Å²) in [6.45, 7) is 3.49. The number of aromatic nitrogens is 1. The van der Waals surface area contributed by atoms with E-state index in [0.29, 0.717) is 32.7 Å². The first-order valence-electron chi connectivity index (χ1n) is 10.00. The van der Waals surface area contributed by atoms with Crippen LogP contribution in [0.5, 0.6) is 0 Å². The van der Waals surface area contributed by atoms with E-state index in [4.69, 9.17) is 4.74 Å². The molecule has 0 spiro atoms. The van der Waals surface area contributed by atoms with Gasteiger partial charge in [-0.05, 0) is 23.3 Å². The third-order valence-electron chi connectivity index (χ3n) is 5.66. The van der Waals surface area contributed by atoms with Crippen LogP contribution in [0, 0.1) is 0 Å². The zero-order valence-electron chi connectivity index (χ0n) is 16.7. The molecule has 1 saturated heterocycles. The maximum atomic E-state index is 13.5. The molecular weight excluding hydrogens is 368 g/mol. The molecule has 2 aliphatic heterocycles. The minimum Gasteiger partial charge on any atom is -0.383 e. The van der Waals surface area contributed by atoms with E-state index in [2.05, 4.69) is 9.88 Å². The monoisotopic (exact) mass is 394 g/mol. The lowest BCUT2D eigenvalue weighted by molar-refractivity contribution is -0.147. The molecule has 0 N–H and O–H groups in total. The van der Waals surface area contributed by atoms with E-state index in [0.717, 1.165) is 30.0 Å². The normalized spacial score (nSPS) is 19.3. The van der Waals surface area contributed by atoms with Crippen LogP contribution in [-0.4, -0.2) is 73.0 Å². The number of nitrogens with zero attached hydrogens (tertiary/aromatic N) is 4. The molecule has 2 aromatic rings. The van der Waals surface area contributed by atoms with Gasteiger partial charge >= 0.3 is 0 Å². The second kappa shape index (κ2) is 8.61. The second-order valence-electron chi connectivity index (χ2n) is 7.36. The van der Waals surface area contributed by atoms with Gasteiger partial charge in [-0.15, -0.1) is 0 Å². The van der Waals surface area contributed by atoms with Gasteiger partial charge in [0, 0.05) is 46.0 Å². The van der Waals surface area contributed by atoms with Gasteiger partial charge in [0.15, 0.2) is 0 Å². The first-order valence-corrected chi connectivity index (χ1v) is 10.00. The van der Waals surface area contributed by atoms with Crippen LogP contribution < -0.4 is 4.90 Å². The predicted molar refractivity (Wildman–Crippen MR) is 110 cm³/mol. The summed E-state index contributed by atoms with van der Waals surface area (Å²) >= 11 is 0. The van der Waals surface area contributed by atoms with Gasteiger partial charge in [-0.2, -0.15) is 0 Å². The lowest BCUT2D eigenvalue weighted by Crippen LogP contribution is -2.54. The molecule has 2 amide bonds. The summed E-state index contributed by atoms with van der Waals surface area (Å²) in [6, 6.07) is 13.0. The Kier molecular flexibility index (Phi) is 5.76. The van der Waals surface area contributed by atoms with Crippen LogP contribution in [0.25, 0.3) is 0 Å². The Balaban J connectivity index is 1.53. The lowest BCUT2D eigenvalue weighted by Gasteiger charge is -2.41. The van der Waals surface area contributed by atoms with Crippen LogP contribution in [0.2, 0.25) is 0 Å². The molecule has 1 aromatic heterocycles. The molecule has 0 radical (unpaired) electrons. The number of piperazine rings is 1. The molecule has 7 heteroatoms. The predicted octanol–water partition coefficient (Wildman–Crippen LogP) is 1.50. The number of benzene rings is 1. The summed E-state index contributed by atoms with van der Waals surface area (Å²) in [6.07, 6.45) is 2.11. The molecule has 7 nitrogen and oxygen atoms in total. The van der Waals surface area contributed by atoms with E-state index in [9.17, 15) is 9.59 Å². The molecule has 152 valence electrons. The summed E-state index contributed by atoms with van der Waals surface area (Å²) in [5, 5.41) is 0. The Bertz CT molecular complexity index is 865. The van der Waals surface area contributed by atoms with Gasteiger partial charge in [0.2, 0.25) is 11.8 Å². The van der Waals surface area contributed by atoms with Crippen molar-refractivity contribution in [3.8, 4) is 0 Å². The lowest BCUT2D eigenvalue weighted by atomic mass is 9.91. The highest BCUT2D eigenvalue weighted by Crippen LogP contribution is 2.32. The SMILES string of the molecule is COCCN1C(=O)Cc2ccccc2C1C(=O)N1CCN(c2ccccn2)CC1. The summed E-state index contributed by atoms with van der Waals surface area (Å²) < 4.78 is 5.19. The van der Waals surface area contributed by atoms with E-state index >= 15 is 0 Å². The van der Waals surface area contributed by atoms with E-state index in [-0.39, 0.29) is 11.8 Å². The number of carbonyl (C=O) groups excluding carboxylic acids is 2. The maximum absolute atomic E-state index is 13.5. The maximum Gasteiger partial charge on any atom is 0.250 e. The number of fused-ring (bicyclic) bond motifs is 1. The summed E-state index contributed by atoms with van der Waals surface area (Å²) in [5.41, 5.74) is 1.87. The van der Waals surface area contributed by atoms with Gasteiger partial charge in [-0.3, -0.25) is 9.59 Å². The highest BCUT2D eigenvalue weighted by Gasteiger charge is 2.39. The number of carbonyl (C=O) groups is 2. The Labute approximate surface area is 170 Å². The van der Waals surface area contributed by atoms with Crippen LogP contribution in [-0.2, 0) is 20.7 Å². The van der Waals surface area contributed by atoms with E-state index in [1.165, 1.54) is 0 Å². The smallest absolute Gasteiger partial charge is 0.250 e. The number of amides is 2. The molecule has 0 saturated carbocycles. The molecule has 1 atom stereocenters. The fourth-order valence-corrected chi connectivity index (χ4v) is 4.12. The number of methoxy groups -OCH3 is 1. The molecule has 4 rings (SSSR count). The van der Waals surface area contributed by atoms with Crippen LogP contribution in [0.4, 0.5) is 5.82 Å². The molecule has 3 heterocycles. The van der Waals surface area contributed by atoms with Crippen molar-refractivity contribution in [2.75, 3.05) is 51.3 Å². The van der Waals surface area contributed by atoms with Gasteiger partial charge in [0.1, 0.15) is 11.9 Å². The van der Waals surface area contributed by atoms with Crippen molar-refractivity contribution < 1.29 is 14.3 Å². The number of hydrogen-bond acceptors (Lipinski definition) is 5. The third-order valence-corrected chi connectivity index (χ3v) is 5.66. The van der Waals surface area contributed by atoms with Crippen molar-refractivity contribution >= 4 is 17.6 Å². The minimum atomic E-state index is -0.580. The molecular formula is C22H26N4O3. The van der Waals surface area contributed by atoms with E-state index in [1.807, 2.05) is 47.4 Å².